The van der Waals surface area contributed by atoms with Crippen LogP contribution in [0.2, 0.25) is 0 Å². The number of hydrogen-bond donors (Lipinski definition) is 1. The minimum atomic E-state index is -0.470. The highest BCUT2D eigenvalue weighted by atomic mass is 19.1. The van der Waals surface area contributed by atoms with E-state index in [-0.39, 0.29) is 5.56 Å². The summed E-state index contributed by atoms with van der Waals surface area (Å²) in [7, 11) is 0. The number of nitriles is 1. The molecule has 2 rings (SSSR count). The normalized spacial score (nSPS) is 20.4. The fourth-order valence-corrected chi connectivity index (χ4v) is 1.98. The molecule has 1 aromatic rings. The van der Waals surface area contributed by atoms with Gasteiger partial charge in [-0.15, -0.1) is 0 Å². The van der Waals surface area contributed by atoms with E-state index in [1.165, 1.54) is 6.07 Å². The van der Waals surface area contributed by atoms with Gasteiger partial charge in [0, 0.05) is 24.9 Å². The van der Waals surface area contributed by atoms with Gasteiger partial charge < -0.3 is 10.1 Å². The molecule has 1 unspecified atom stereocenters. The van der Waals surface area contributed by atoms with Crippen molar-refractivity contribution in [2.75, 3.05) is 18.5 Å². The summed E-state index contributed by atoms with van der Waals surface area (Å²) >= 11 is 0. The zero-order valence-corrected chi connectivity index (χ0v) is 9.58. The highest BCUT2D eigenvalue weighted by Gasteiger charge is 2.12. The number of rotatable bonds is 2. The molecular weight excluding hydrogens is 219 g/mol. The van der Waals surface area contributed by atoms with Crippen molar-refractivity contribution in [1.29, 1.82) is 5.26 Å². The lowest BCUT2D eigenvalue weighted by Gasteiger charge is -2.17. The standard InChI is InChI=1S/C13H15FN2O/c14-13-4-3-12(8-10(13)9-15)16-11-2-1-6-17-7-5-11/h3-4,8,11,16H,1-2,5-7H2. The number of nitrogens with zero attached hydrogens (tertiary/aromatic N) is 1. The van der Waals surface area contributed by atoms with Crippen LogP contribution < -0.4 is 5.32 Å². The van der Waals surface area contributed by atoms with Crippen LogP contribution in [0.25, 0.3) is 0 Å². The van der Waals surface area contributed by atoms with Gasteiger partial charge in [-0.25, -0.2) is 4.39 Å². The second-order valence-corrected chi connectivity index (χ2v) is 4.19. The number of anilines is 1. The maximum Gasteiger partial charge on any atom is 0.141 e. The first kappa shape index (κ1) is 11.9. The lowest BCUT2D eigenvalue weighted by molar-refractivity contribution is 0.144. The molecule has 1 N–H and O–H groups in total. The van der Waals surface area contributed by atoms with Crippen LogP contribution >= 0.6 is 0 Å². The summed E-state index contributed by atoms with van der Waals surface area (Å²) < 4.78 is 18.5. The first-order valence-electron chi connectivity index (χ1n) is 5.83. The lowest BCUT2D eigenvalue weighted by Crippen LogP contribution is -2.19. The summed E-state index contributed by atoms with van der Waals surface area (Å²) in [5.74, 6) is -0.470. The second kappa shape index (κ2) is 5.65. The molecule has 1 atom stereocenters. The van der Waals surface area contributed by atoms with Gasteiger partial charge >= 0.3 is 0 Å². The third kappa shape index (κ3) is 3.18. The molecule has 0 bridgehead atoms. The van der Waals surface area contributed by atoms with Crippen molar-refractivity contribution < 1.29 is 9.13 Å². The highest BCUT2D eigenvalue weighted by Crippen LogP contribution is 2.18. The Hall–Kier alpha value is -1.60. The molecule has 0 radical (unpaired) electrons. The van der Waals surface area contributed by atoms with Crippen LogP contribution in [-0.4, -0.2) is 19.3 Å². The summed E-state index contributed by atoms with van der Waals surface area (Å²) in [4.78, 5) is 0. The van der Waals surface area contributed by atoms with Crippen molar-refractivity contribution in [1.82, 2.24) is 0 Å². The Morgan fingerprint density at radius 1 is 1.35 bits per heavy atom. The fraction of sp³-hybridized carbons (Fsp3) is 0.462. The Morgan fingerprint density at radius 3 is 3.06 bits per heavy atom. The third-order valence-corrected chi connectivity index (χ3v) is 2.91. The van der Waals surface area contributed by atoms with E-state index in [0.29, 0.717) is 6.04 Å². The van der Waals surface area contributed by atoms with Crippen LogP contribution in [0.5, 0.6) is 0 Å². The first-order valence-corrected chi connectivity index (χ1v) is 5.83. The molecule has 1 saturated heterocycles. The smallest absolute Gasteiger partial charge is 0.141 e. The van der Waals surface area contributed by atoms with E-state index >= 15 is 0 Å². The summed E-state index contributed by atoms with van der Waals surface area (Å²) in [5.41, 5.74) is 0.884. The molecule has 1 aromatic carbocycles. The molecule has 17 heavy (non-hydrogen) atoms. The van der Waals surface area contributed by atoms with Crippen LogP contribution in [0.4, 0.5) is 10.1 Å². The molecule has 1 fully saturated rings. The largest absolute Gasteiger partial charge is 0.382 e. The minimum absolute atomic E-state index is 0.0832. The Labute approximate surface area is 100 Å². The van der Waals surface area contributed by atoms with Crippen LogP contribution in [0, 0.1) is 17.1 Å². The number of ether oxygens (including phenoxy) is 1. The van der Waals surface area contributed by atoms with E-state index < -0.39 is 5.82 Å². The van der Waals surface area contributed by atoms with Crippen molar-refractivity contribution in [3.8, 4) is 6.07 Å². The molecule has 0 aliphatic carbocycles. The molecule has 4 heteroatoms. The van der Waals surface area contributed by atoms with Crippen LogP contribution in [0.1, 0.15) is 24.8 Å². The maximum atomic E-state index is 13.1. The Bertz CT molecular complexity index is 420. The number of hydrogen-bond acceptors (Lipinski definition) is 3. The topological polar surface area (TPSA) is 45.0 Å². The summed E-state index contributed by atoms with van der Waals surface area (Å²) in [6.07, 6.45) is 3.02. The molecular formula is C13H15FN2O. The second-order valence-electron chi connectivity index (χ2n) is 4.19. The Balaban J connectivity index is 2.05. The average molecular weight is 234 g/mol. The number of benzene rings is 1. The molecule has 90 valence electrons. The van der Waals surface area contributed by atoms with Gasteiger partial charge in [0.05, 0.1) is 5.56 Å². The van der Waals surface area contributed by atoms with Crippen molar-refractivity contribution in [3.63, 3.8) is 0 Å². The summed E-state index contributed by atoms with van der Waals surface area (Å²) in [6, 6.07) is 6.74. The molecule has 3 nitrogen and oxygen atoms in total. The number of halogens is 1. The molecule has 0 aromatic heterocycles. The Morgan fingerprint density at radius 2 is 2.24 bits per heavy atom. The molecule has 1 aliphatic heterocycles. The van der Waals surface area contributed by atoms with E-state index in [0.717, 1.165) is 38.2 Å². The minimum Gasteiger partial charge on any atom is -0.382 e. The van der Waals surface area contributed by atoms with E-state index in [2.05, 4.69) is 5.32 Å². The van der Waals surface area contributed by atoms with E-state index in [1.54, 1.807) is 12.1 Å². The first-order chi connectivity index (χ1) is 8.29. The van der Waals surface area contributed by atoms with E-state index in [9.17, 15) is 4.39 Å². The number of nitrogens with one attached hydrogen (secondary N) is 1. The van der Waals surface area contributed by atoms with Crippen molar-refractivity contribution in [3.05, 3.63) is 29.6 Å². The zero-order valence-electron chi connectivity index (χ0n) is 9.58. The van der Waals surface area contributed by atoms with Crippen LogP contribution in [0.15, 0.2) is 18.2 Å². The molecule has 0 saturated carbocycles. The molecule has 1 aliphatic rings. The van der Waals surface area contributed by atoms with Crippen molar-refractivity contribution >= 4 is 5.69 Å². The molecule has 0 spiro atoms. The highest BCUT2D eigenvalue weighted by molar-refractivity contribution is 5.50. The van der Waals surface area contributed by atoms with Crippen molar-refractivity contribution in [2.24, 2.45) is 0 Å². The van der Waals surface area contributed by atoms with Gasteiger partial charge in [-0.3, -0.25) is 0 Å². The average Bonchev–Trinajstić information content (AvgIpc) is 2.60. The van der Waals surface area contributed by atoms with Crippen molar-refractivity contribution in [2.45, 2.75) is 25.3 Å². The van der Waals surface area contributed by atoms with Gasteiger partial charge in [0.2, 0.25) is 0 Å². The predicted molar refractivity (Wildman–Crippen MR) is 63.2 cm³/mol. The maximum absolute atomic E-state index is 13.1. The summed E-state index contributed by atoms with van der Waals surface area (Å²) in [6.45, 7) is 1.56. The monoisotopic (exact) mass is 234 g/mol. The SMILES string of the molecule is N#Cc1cc(NC2CCCOCC2)ccc1F. The summed E-state index contributed by atoms with van der Waals surface area (Å²) in [5, 5.41) is 12.1. The Kier molecular flexibility index (Phi) is 3.94. The fourth-order valence-electron chi connectivity index (χ4n) is 1.98. The van der Waals surface area contributed by atoms with E-state index in [1.807, 2.05) is 6.07 Å². The van der Waals surface area contributed by atoms with Crippen LogP contribution in [-0.2, 0) is 4.74 Å². The third-order valence-electron chi connectivity index (χ3n) is 2.91. The van der Waals surface area contributed by atoms with Gasteiger partial charge in [0.15, 0.2) is 0 Å². The van der Waals surface area contributed by atoms with E-state index in [4.69, 9.17) is 10.00 Å². The molecule has 1 heterocycles. The lowest BCUT2D eigenvalue weighted by atomic mass is 10.1. The van der Waals surface area contributed by atoms with Gasteiger partial charge in [0.25, 0.3) is 0 Å². The van der Waals surface area contributed by atoms with Gasteiger partial charge in [-0.05, 0) is 37.5 Å². The quantitative estimate of drug-likeness (QED) is 0.855. The predicted octanol–water partition coefficient (Wildman–Crippen LogP) is 2.68. The van der Waals surface area contributed by atoms with Gasteiger partial charge in [-0.2, -0.15) is 5.26 Å². The van der Waals surface area contributed by atoms with Crippen LogP contribution in [0.3, 0.4) is 0 Å². The van der Waals surface area contributed by atoms with Gasteiger partial charge in [0.1, 0.15) is 11.9 Å². The molecule has 0 amide bonds. The van der Waals surface area contributed by atoms with Gasteiger partial charge in [-0.1, -0.05) is 0 Å². The zero-order chi connectivity index (χ0) is 12.1.